The fraction of sp³-hybridized carbons (Fsp3) is 0.231. The highest BCUT2D eigenvalue weighted by atomic mass is 35.5. The highest BCUT2D eigenvalue weighted by Gasteiger charge is 1.99. The van der Waals surface area contributed by atoms with Crippen molar-refractivity contribution in [3.05, 3.63) is 47.9 Å². The van der Waals surface area contributed by atoms with Crippen molar-refractivity contribution in [2.24, 2.45) is 0 Å². The van der Waals surface area contributed by atoms with Crippen LogP contribution in [-0.2, 0) is 0 Å². The van der Waals surface area contributed by atoms with Crippen molar-refractivity contribution in [1.82, 2.24) is 9.97 Å². The Hall–Kier alpha value is -1.81. The van der Waals surface area contributed by atoms with E-state index >= 15 is 0 Å². The predicted molar refractivity (Wildman–Crippen MR) is 75.1 cm³/mol. The molecule has 4 nitrogen and oxygen atoms in total. The average Bonchev–Trinajstić information content (AvgIpc) is 2.42. The number of nitrogens with zero attached hydrogens (tertiary/aromatic N) is 2. The number of hydrogen-bond acceptors (Lipinski definition) is 4. The Morgan fingerprint density at radius 1 is 1.06 bits per heavy atom. The van der Waals surface area contributed by atoms with Crippen LogP contribution < -0.4 is 10.6 Å². The summed E-state index contributed by atoms with van der Waals surface area (Å²) in [6.07, 6.45) is 4.05. The van der Waals surface area contributed by atoms with Crippen molar-refractivity contribution in [2.75, 3.05) is 23.7 Å². The van der Waals surface area contributed by atoms with E-state index in [1.165, 1.54) is 6.33 Å². The second-order valence-electron chi connectivity index (χ2n) is 3.79. The molecule has 0 aliphatic heterocycles. The number of rotatable bonds is 6. The molecule has 0 bridgehead atoms. The van der Waals surface area contributed by atoms with Gasteiger partial charge in [-0.15, -0.1) is 0 Å². The summed E-state index contributed by atoms with van der Waals surface area (Å²) in [4.78, 5) is 7.89. The summed E-state index contributed by atoms with van der Waals surface area (Å²) in [6, 6.07) is 10.1. The van der Waals surface area contributed by atoms with Gasteiger partial charge >= 0.3 is 0 Å². The first-order valence-electron chi connectivity index (χ1n) is 5.84. The van der Waals surface area contributed by atoms with Crippen molar-refractivity contribution >= 4 is 23.1 Å². The normalized spacial score (nSPS) is 10.1. The number of nitrogens with one attached hydrogen (secondary N) is 2. The number of anilines is 2. The molecule has 94 valence electrons. The predicted octanol–water partition coefficient (Wildman–Crippen LogP) is 3.04. The third-order valence-corrected chi connectivity index (χ3v) is 2.69. The van der Waals surface area contributed by atoms with Crippen LogP contribution >= 0.6 is 11.6 Å². The van der Waals surface area contributed by atoms with Gasteiger partial charge < -0.3 is 10.6 Å². The minimum absolute atomic E-state index is 0.550. The molecule has 1 aromatic carbocycles. The Kier molecular flexibility index (Phi) is 4.78. The lowest BCUT2D eigenvalue weighted by atomic mass is 10.3. The van der Waals surface area contributed by atoms with E-state index in [1.807, 2.05) is 18.2 Å². The van der Waals surface area contributed by atoms with E-state index in [2.05, 4.69) is 32.7 Å². The molecule has 0 spiro atoms. The van der Waals surface area contributed by atoms with Crippen molar-refractivity contribution in [3.63, 3.8) is 0 Å². The van der Waals surface area contributed by atoms with Gasteiger partial charge in [0.1, 0.15) is 17.2 Å². The maximum Gasteiger partial charge on any atom is 0.148 e. The Morgan fingerprint density at radius 3 is 2.61 bits per heavy atom. The first-order chi connectivity index (χ1) is 8.86. The van der Waals surface area contributed by atoms with Crippen LogP contribution in [0.3, 0.4) is 0 Å². The second-order valence-corrected chi connectivity index (χ2v) is 4.20. The summed E-state index contributed by atoms with van der Waals surface area (Å²) in [6.45, 7) is 1.72. The molecule has 2 aromatic rings. The van der Waals surface area contributed by atoms with Gasteiger partial charge in [-0.1, -0.05) is 29.8 Å². The topological polar surface area (TPSA) is 49.8 Å². The second kappa shape index (κ2) is 6.81. The molecule has 0 unspecified atom stereocenters. The zero-order valence-corrected chi connectivity index (χ0v) is 10.7. The minimum atomic E-state index is 0.550. The number of halogens is 1. The molecule has 2 N–H and O–H groups in total. The first-order valence-corrected chi connectivity index (χ1v) is 6.22. The maximum absolute atomic E-state index is 5.93. The molecule has 0 aliphatic carbocycles. The fourth-order valence-corrected chi connectivity index (χ4v) is 1.70. The highest BCUT2D eigenvalue weighted by Crippen LogP contribution is 2.15. The van der Waals surface area contributed by atoms with Gasteiger partial charge in [0.15, 0.2) is 0 Å². The van der Waals surface area contributed by atoms with E-state index in [4.69, 9.17) is 11.6 Å². The average molecular weight is 263 g/mol. The van der Waals surface area contributed by atoms with Crippen molar-refractivity contribution in [2.45, 2.75) is 6.42 Å². The molecule has 1 aromatic heterocycles. The molecule has 0 atom stereocenters. The summed E-state index contributed by atoms with van der Waals surface area (Å²) in [5.41, 5.74) is 1.14. The molecular formula is C13H15ClN4. The van der Waals surface area contributed by atoms with E-state index in [0.717, 1.165) is 25.2 Å². The molecule has 2 rings (SSSR count). The van der Waals surface area contributed by atoms with Gasteiger partial charge in [0.25, 0.3) is 0 Å². The SMILES string of the molecule is Clc1cncnc1NCCCNc1ccccc1. The van der Waals surface area contributed by atoms with Crippen LogP contribution in [0, 0.1) is 0 Å². The number of aromatic nitrogens is 2. The van der Waals surface area contributed by atoms with Crippen molar-refractivity contribution < 1.29 is 0 Å². The standard InChI is InChI=1S/C13H15ClN4/c14-12-9-15-10-18-13(12)17-8-4-7-16-11-5-2-1-3-6-11/h1-3,5-6,9-10,16H,4,7-8H2,(H,15,17,18). The molecule has 0 amide bonds. The number of benzene rings is 1. The van der Waals surface area contributed by atoms with E-state index < -0.39 is 0 Å². The van der Waals surface area contributed by atoms with Gasteiger partial charge in [0.05, 0.1) is 6.20 Å². The highest BCUT2D eigenvalue weighted by molar-refractivity contribution is 6.32. The summed E-state index contributed by atoms with van der Waals surface area (Å²) in [5, 5.41) is 7.07. The molecular weight excluding hydrogens is 248 g/mol. The lowest BCUT2D eigenvalue weighted by Crippen LogP contribution is -2.10. The van der Waals surface area contributed by atoms with E-state index in [1.54, 1.807) is 6.20 Å². The number of para-hydroxylation sites is 1. The molecule has 5 heteroatoms. The minimum Gasteiger partial charge on any atom is -0.385 e. The Balaban J connectivity index is 1.66. The zero-order valence-electron chi connectivity index (χ0n) is 9.94. The summed E-state index contributed by atoms with van der Waals surface area (Å²) < 4.78 is 0. The monoisotopic (exact) mass is 262 g/mol. The van der Waals surface area contributed by atoms with Crippen LogP contribution in [-0.4, -0.2) is 23.1 Å². The van der Waals surface area contributed by atoms with Gasteiger partial charge in [-0.25, -0.2) is 9.97 Å². The first kappa shape index (κ1) is 12.6. The molecule has 0 radical (unpaired) electrons. The van der Waals surface area contributed by atoms with Crippen LogP contribution in [0.1, 0.15) is 6.42 Å². The van der Waals surface area contributed by atoms with Gasteiger partial charge in [0, 0.05) is 18.8 Å². The Bertz CT molecular complexity index is 475. The van der Waals surface area contributed by atoms with Crippen LogP contribution in [0.25, 0.3) is 0 Å². The van der Waals surface area contributed by atoms with Crippen LogP contribution in [0.2, 0.25) is 5.02 Å². The molecule has 0 aliphatic rings. The van der Waals surface area contributed by atoms with Crippen LogP contribution in [0.5, 0.6) is 0 Å². The third-order valence-electron chi connectivity index (χ3n) is 2.42. The Morgan fingerprint density at radius 2 is 1.83 bits per heavy atom. The van der Waals surface area contributed by atoms with Crippen molar-refractivity contribution in [1.29, 1.82) is 0 Å². The summed E-state index contributed by atoms with van der Waals surface area (Å²) >= 11 is 5.93. The largest absolute Gasteiger partial charge is 0.385 e. The van der Waals surface area contributed by atoms with Gasteiger partial charge in [-0.3, -0.25) is 0 Å². The fourth-order valence-electron chi connectivity index (χ4n) is 1.53. The third kappa shape index (κ3) is 3.89. The number of hydrogen-bond donors (Lipinski definition) is 2. The lowest BCUT2D eigenvalue weighted by molar-refractivity contribution is 0.902. The van der Waals surface area contributed by atoms with E-state index in [0.29, 0.717) is 10.8 Å². The lowest BCUT2D eigenvalue weighted by Gasteiger charge is -2.08. The maximum atomic E-state index is 5.93. The van der Waals surface area contributed by atoms with Crippen LogP contribution in [0.4, 0.5) is 11.5 Å². The molecule has 0 saturated heterocycles. The van der Waals surface area contributed by atoms with Gasteiger partial charge in [0.2, 0.25) is 0 Å². The van der Waals surface area contributed by atoms with E-state index in [9.17, 15) is 0 Å². The molecule has 1 heterocycles. The smallest absolute Gasteiger partial charge is 0.148 e. The molecule has 0 saturated carbocycles. The molecule has 18 heavy (non-hydrogen) atoms. The van der Waals surface area contributed by atoms with Crippen LogP contribution in [0.15, 0.2) is 42.9 Å². The van der Waals surface area contributed by atoms with Gasteiger partial charge in [-0.2, -0.15) is 0 Å². The quantitative estimate of drug-likeness (QED) is 0.786. The van der Waals surface area contributed by atoms with E-state index in [-0.39, 0.29) is 0 Å². The van der Waals surface area contributed by atoms with Gasteiger partial charge in [-0.05, 0) is 18.6 Å². The summed E-state index contributed by atoms with van der Waals surface area (Å²) in [7, 11) is 0. The summed E-state index contributed by atoms with van der Waals surface area (Å²) in [5.74, 6) is 0.686. The Labute approximate surface area is 111 Å². The molecule has 0 fully saturated rings. The van der Waals surface area contributed by atoms with Crippen molar-refractivity contribution in [3.8, 4) is 0 Å². The zero-order chi connectivity index (χ0) is 12.6.